The number of ether oxygens (including phenoxy) is 9. The Labute approximate surface area is 335 Å². The molecule has 0 heterocycles. The molecule has 0 spiro atoms. The van der Waals surface area contributed by atoms with Crippen LogP contribution in [0, 0.1) is 5.92 Å². The molecular formula is C37H64ClN5O13. The third-order valence-corrected chi connectivity index (χ3v) is 7.73. The van der Waals surface area contributed by atoms with Gasteiger partial charge in [0.1, 0.15) is 6.04 Å². The summed E-state index contributed by atoms with van der Waals surface area (Å²) in [6.07, 6.45) is -0.691. The lowest BCUT2D eigenvalue weighted by Crippen LogP contribution is -2.50. The van der Waals surface area contributed by atoms with E-state index in [0.717, 1.165) is 5.56 Å². The van der Waals surface area contributed by atoms with Crippen molar-refractivity contribution in [2.24, 2.45) is 17.4 Å². The highest BCUT2D eigenvalue weighted by atomic mass is 35.5. The standard InChI is InChI=1S/C37H64ClN5O13/c1-29(2)34(36(46)43-32(4-3-11-41-37(40)47)35(45)42-31-7-5-30(28-38)6-8-31)56-33(44)9-12-48-14-16-50-18-20-52-22-24-54-26-27-55-25-23-53-21-19-51-17-15-49-13-10-39/h5-8,29,32,34H,3-4,9-28,39H2,1-2H3,(H,42,45)(H,43,46)(H3,40,41,47)/t32-,34-/m0/s1. The molecule has 0 radical (unpaired) electrons. The second-order valence-corrected chi connectivity index (χ2v) is 12.7. The van der Waals surface area contributed by atoms with E-state index in [0.29, 0.717) is 117 Å². The summed E-state index contributed by atoms with van der Waals surface area (Å²) in [4.78, 5) is 50.0. The molecule has 322 valence electrons. The second-order valence-electron chi connectivity index (χ2n) is 12.4. The number of carbonyl (C=O) groups excluding carboxylic acids is 4. The van der Waals surface area contributed by atoms with Crippen molar-refractivity contribution < 1.29 is 61.8 Å². The molecule has 56 heavy (non-hydrogen) atoms. The zero-order valence-corrected chi connectivity index (χ0v) is 33.7. The maximum absolute atomic E-state index is 13.2. The summed E-state index contributed by atoms with van der Waals surface area (Å²) in [5, 5.41) is 7.93. The van der Waals surface area contributed by atoms with Gasteiger partial charge in [-0.15, -0.1) is 11.6 Å². The van der Waals surface area contributed by atoms with Gasteiger partial charge in [-0.05, 0) is 36.5 Å². The van der Waals surface area contributed by atoms with Crippen LogP contribution >= 0.6 is 11.6 Å². The van der Waals surface area contributed by atoms with Crippen LogP contribution in [0.25, 0.3) is 0 Å². The van der Waals surface area contributed by atoms with Gasteiger partial charge in [0.2, 0.25) is 5.91 Å². The topological polar surface area (TPSA) is 239 Å². The fraction of sp³-hybridized carbons (Fsp3) is 0.730. The average molecular weight is 822 g/mol. The Morgan fingerprint density at radius 1 is 0.661 bits per heavy atom. The summed E-state index contributed by atoms with van der Waals surface area (Å²) in [5.41, 5.74) is 11.9. The first-order valence-electron chi connectivity index (χ1n) is 19.0. The van der Waals surface area contributed by atoms with Gasteiger partial charge in [-0.3, -0.25) is 14.4 Å². The van der Waals surface area contributed by atoms with Crippen LogP contribution in [0.15, 0.2) is 24.3 Å². The number of nitrogens with one attached hydrogen (secondary N) is 3. The zero-order valence-electron chi connectivity index (χ0n) is 32.9. The van der Waals surface area contributed by atoms with Crippen molar-refractivity contribution in [3.8, 4) is 0 Å². The number of carbonyl (C=O) groups is 4. The van der Waals surface area contributed by atoms with E-state index in [9.17, 15) is 19.2 Å². The molecule has 1 aromatic carbocycles. The van der Waals surface area contributed by atoms with Crippen LogP contribution in [0.1, 0.15) is 38.7 Å². The van der Waals surface area contributed by atoms with Gasteiger partial charge < -0.3 is 70.0 Å². The van der Waals surface area contributed by atoms with Crippen LogP contribution in [0.5, 0.6) is 0 Å². The van der Waals surface area contributed by atoms with E-state index in [1.165, 1.54) is 0 Å². The Morgan fingerprint density at radius 2 is 1.11 bits per heavy atom. The predicted molar refractivity (Wildman–Crippen MR) is 208 cm³/mol. The normalized spacial score (nSPS) is 12.3. The number of hydrogen-bond acceptors (Lipinski definition) is 14. The number of benzene rings is 1. The molecule has 0 saturated heterocycles. The maximum atomic E-state index is 13.2. The summed E-state index contributed by atoms with van der Waals surface area (Å²) in [6, 6.07) is 5.27. The van der Waals surface area contributed by atoms with Gasteiger partial charge in [-0.2, -0.15) is 0 Å². The molecule has 0 unspecified atom stereocenters. The molecule has 4 amide bonds. The van der Waals surface area contributed by atoms with Crippen molar-refractivity contribution in [1.29, 1.82) is 0 Å². The number of primary amides is 1. The highest BCUT2D eigenvalue weighted by molar-refractivity contribution is 6.17. The minimum atomic E-state index is -1.15. The maximum Gasteiger partial charge on any atom is 0.312 e. The van der Waals surface area contributed by atoms with E-state index in [1.54, 1.807) is 38.1 Å². The molecule has 1 aromatic rings. The molecule has 1 rings (SSSR count). The smallest absolute Gasteiger partial charge is 0.312 e. The van der Waals surface area contributed by atoms with Crippen LogP contribution in [-0.2, 0) is 62.9 Å². The van der Waals surface area contributed by atoms with Crippen molar-refractivity contribution in [2.75, 3.05) is 124 Å². The van der Waals surface area contributed by atoms with Crippen molar-refractivity contribution >= 4 is 41.1 Å². The number of nitrogens with two attached hydrogens (primary N) is 2. The SMILES string of the molecule is CC(C)[C@H](OC(=O)CCOCCOCCOCCOCCOCCOCCOCCOCCN)C(=O)N[C@@H](CCCNC(N)=O)C(=O)Nc1ccc(CCl)cc1. The fourth-order valence-electron chi connectivity index (χ4n) is 4.52. The number of halogens is 1. The van der Waals surface area contributed by atoms with Crippen molar-refractivity contribution in [3.05, 3.63) is 29.8 Å². The lowest BCUT2D eigenvalue weighted by Gasteiger charge is -2.24. The van der Waals surface area contributed by atoms with Crippen molar-refractivity contribution in [3.63, 3.8) is 0 Å². The highest BCUT2D eigenvalue weighted by Gasteiger charge is 2.30. The van der Waals surface area contributed by atoms with Gasteiger partial charge in [0, 0.05) is 24.7 Å². The summed E-state index contributed by atoms with van der Waals surface area (Å²) in [7, 11) is 0. The molecule has 18 nitrogen and oxygen atoms in total. The Kier molecular flexibility index (Phi) is 31.8. The van der Waals surface area contributed by atoms with E-state index in [-0.39, 0.29) is 38.5 Å². The molecule has 0 fully saturated rings. The van der Waals surface area contributed by atoms with Gasteiger partial charge in [0.15, 0.2) is 6.10 Å². The molecule has 2 atom stereocenters. The number of esters is 1. The lowest BCUT2D eigenvalue weighted by molar-refractivity contribution is -0.160. The minimum absolute atomic E-state index is 0.0705. The summed E-state index contributed by atoms with van der Waals surface area (Å²) in [6.45, 7) is 10.8. The first-order chi connectivity index (χ1) is 27.2. The summed E-state index contributed by atoms with van der Waals surface area (Å²) < 4.78 is 48.8. The van der Waals surface area contributed by atoms with Crippen LogP contribution in [0.4, 0.5) is 10.5 Å². The monoisotopic (exact) mass is 821 g/mol. The molecule has 0 aliphatic heterocycles. The molecule has 0 aliphatic carbocycles. The van der Waals surface area contributed by atoms with Gasteiger partial charge >= 0.3 is 12.0 Å². The van der Waals surface area contributed by atoms with E-state index >= 15 is 0 Å². The van der Waals surface area contributed by atoms with Crippen LogP contribution in [0.2, 0.25) is 0 Å². The zero-order chi connectivity index (χ0) is 41.1. The average Bonchev–Trinajstić information content (AvgIpc) is 3.18. The molecule has 0 aliphatic rings. The first-order valence-corrected chi connectivity index (χ1v) is 19.5. The van der Waals surface area contributed by atoms with Crippen molar-refractivity contribution in [2.45, 2.75) is 51.1 Å². The van der Waals surface area contributed by atoms with Gasteiger partial charge in [-0.1, -0.05) is 26.0 Å². The molecule has 0 saturated carbocycles. The Hall–Kier alpha value is -3.17. The van der Waals surface area contributed by atoms with Crippen LogP contribution < -0.4 is 27.4 Å². The van der Waals surface area contributed by atoms with Crippen LogP contribution in [0.3, 0.4) is 0 Å². The van der Waals surface area contributed by atoms with E-state index in [4.69, 9.17) is 65.7 Å². The first kappa shape index (κ1) is 50.8. The number of hydrogen-bond donors (Lipinski definition) is 5. The third kappa shape index (κ3) is 28.3. The van der Waals surface area contributed by atoms with E-state index < -0.39 is 36.0 Å². The quantitative estimate of drug-likeness (QED) is 0.0362. The number of amides is 4. The third-order valence-electron chi connectivity index (χ3n) is 7.42. The van der Waals surface area contributed by atoms with Gasteiger partial charge in [-0.25, -0.2) is 4.79 Å². The van der Waals surface area contributed by atoms with E-state index in [2.05, 4.69) is 16.0 Å². The number of rotatable bonds is 37. The number of anilines is 1. The number of alkyl halides is 1. The fourth-order valence-corrected chi connectivity index (χ4v) is 4.70. The number of urea groups is 1. The molecular weight excluding hydrogens is 758 g/mol. The Bertz CT molecular complexity index is 1170. The minimum Gasteiger partial charge on any atom is -0.452 e. The van der Waals surface area contributed by atoms with Crippen molar-refractivity contribution in [1.82, 2.24) is 10.6 Å². The summed E-state index contributed by atoms with van der Waals surface area (Å²) >= 11 is 5.85. The van der Waals surface area contributed by atoms with Crippen LogP contribution in [-0.4, -0.2) is 155 Å². The van der Waals surface area contributed by atoms with Gasteiger partial charge in [0.05, 0.1) is 112 Å². The lowest BCUT2D eigenvalue weighted by atomic mass is 10.0. The predicted octanol–water partition coefficient (Wildman–Crippen LogP) is 1.35. The molecule has 0 bridgehead atoms. The second kappa shape index (κ2) is 35.0. The highest BCUT2D eigenvalue weighted by Crippen LogP contribution is 2.14. The Morgan fingerprint density at radius 3 is 1.52 bits per heavy atom. The Balaban J connectivity index is 2.16. The van der Waals surface area contributed by atoms with E-state index in [1.807, 2.05) is 0 Å². The van der Waals surface area contributed by atoms with Gasteiger partial charge in [0.25, 0.3) is 5.91 Å². The molecule has 19 heteroatoms. The molecule has 7 N–H and O–H groups in total. The summed E-state index contributed by atoms with van der Waals surface area (Å²) in [5.74, 6) is -1.78. The molecule has 0 aromatic heterocycles. The largest absolute Gasteiger partial charge is 0.452 e.